The molecule has 0 aliphatic carbocycles. The number of amides is 1. The van der Waals surface area contributed by atoms with E-state index in [0.29, 0.717) is 0 Å². The van der Waals surface area contributed by atoms with Crippen molar-refractivity contribution < 1.29 is 14.7 Å². The van der Waals surface area contributed by atoms with Gasteiger partial charge in [-0.3, -0.25) is 9.59 Å². The van der Waals surface area contributed by atoms with Crippen molar-refractivity contribution in [3.8, 4) is 0 Å². The number of likely N-dealkylation sites (N-methyl/N-ethyl adjacent to an activating group) is 1. The number of rotatable bonds is 5. The molecule has 0 bridgehead atoms. The van der Waals surface area contributed by atoms with E-state index in [1.165, 1.54) is 4.90 Å². The number of fused-ring (bicyclic) bond motifs is 1. The second-order valence-corrected chi connectivity index (χ2v) is 5.79. The lowest BCUT2D eigenvalue weighted by atomic mass is 9.96. The average molecular weight is 299 g/mol. The van der Waals surface area contributed by atoms with Crippen LogP contribution >= 0.6 is 0 Å². The number of nitrogens with zero attached hydrogens (tertiary/aromatic N) is 1. The molecule has 1 N–H and O–H groups in total. The Bertz CT molecular complexity index is 696. The van der Waals surface area contributed by atoms with Crippen LogP contribution in [0.5, 0.6) is 0 Å². The number of carboxylic acids is 1. The molecule has 0 saturated carbocycles. The van der Waals surface area contributed by atoms with Crippen LogP contribution in [0.1, 0.15) is 25.3 Å². The van der Waals surface area contributed by atoms with Crippen molar-refractivity contribution in [2.45, 2.75) is 19.8 Å². The first-order valence-electron chi connectivity index (χ1n) is 7.36. The zero-order valence-corrected chi connectivity index (χ0v) is 13.1. The van der Waals surface area contributed by atoms with E-state index in [9.17, 15) is 9.59 Å². The van der Waals surface area contributed by atoms with Gasteiger partial charge in [-0.05, 0) is 23.3 Å². The van der Waals surface area contributed by atoms with E-state index in [2.05, 4.69) is 0 Å². The molecule has 116 valence electrons. The highest BCUT2D eigenvalue weighted by atomic mass is 16.4. The summed E-state index contributed by atoms with van der Waals surface area (Å²) in [5.41, 5.74) is 0.943. The number of carbonyl (C=O) groups is 2. The molecule has 22 heavy (non-hydrogen) atoms. The fraction of sp³-hybridized carbons (Fsp3) is 0.333. The molecule has 2 aromatic carbocycles. The molecular weight excluding hydrogens is 278 g/mol. The Morgan fingerprint density at radius 1 is 1.09 bits per heavy atom. The maximum atomic E-state index is 12.5. The minimum absolute atomic E-state index is 0.0663. The van der Waals surface area contributed by atoms with Crippen molar-refractivity contribution >= 4 is 22.6 Å². The normalized spacial score (nSPS) is 13.6. The van der Waals surface area contributed by atoms with Crippen LogP contribution in [0.25, 0.3) is 10.8 Å². The Morgan fingerprint density at radius 2 is 1.73 bits per heavy atom. The quantitative estimate of drug-likeness (QED) is 0.923. The highest BCUT2D eigenvalue weighted by Crippen LogP contribution is 2.23. The van der Waals surface area contributed by atoms with Crippen molar-refractivity contribution in [3.05, 3.63) is 48.0 Å². The van der Waals surface area contributed by atoms with Gasteiger partial charge in [-0.15, -0.1) is 0 Å². The Kier molecular flexibility index (Phi) is 4.81. The lowest BCUT2D eigenvalue weighted by Crippen LogP contribution is -2.36. The fourth-order valence-electron chi connectivity index (χ4n) is 2.53. The van der Waals surface area contributed by atoms with Crippen LogP contribution in [0, 0.1) is 5.92 Å². The van der Waals surface area contributed by atoms with Crippen LogP contribution in [0.2, 0.25) is 0 Å². The Labute approximate surface area is 130 Å². The van der Waals surface area contributed by atoms with E-state index in [1.807, 2.05) is 49.4 Å². The van der Waals surface area contributed by atoms with E-state index in [-0.39, 0.29) is 18.4 Å². The molecular formula is C18H21NO3. The first-order chi connectivity index (χ1) is 10.4. The first kappa shape index (κ1) is 16.0. The molecule has 0 heterocycles. The van der Waals surface area contributed by atoms with Gasteiger partial charge in [-0.25, -0.2) is 0 Å². The van der Waals surface area contributed by atoms with Gasteiger partial charge in [0, 0.05) is 13.6 Å². The standard InChI is InChI=1S/C18H21NO3/c1-12(18(21)22)11-19(3)17(20)13(2)15-9-8-14-6-4-5-7-16(14)10-15/h4-10,12-13H,11H2,1-3H3,(H,21,22). The molecule has 1 amide bonds. The highest BCUT2D eigenvalue weighted by Gasteiger charge is 2.22. The minimum Gasteiger partial charge on any atom is -0.481 e. The molecule has 0 spiro atoms. The molecule has 2 atom stereocenters. The van der Waals surface area contributed by atoms with E-state index in [4.69, 9.17) is 5.11 Å². The van der Waals surface area contributed by atoms with Crippen LogP contribution in [0.4, 0.5) is 0 Å². The zero-order chi connectivity index (χ0) is 16.3. The number of carboxylic acid groups (broad SMARTS) is 1. The van der Waals surface area contributed by atoms with E-state index in [1.54, 1.807) is 14.0 Å². The summed E-state index contributed by atoms with van der Waals surface area (Å²) < 4.78 is 0. The van der Waals surface area contributed by atoms with Gasteiger partial charge < -0.3 is 10.0 Å². The largest absolute Gasteiger partial charge is 0.481 e. The Hall–Kier alpha value is -2.36. The third-order valence-electron chi connectivity index (χ3n) is 3.99. The molecule has 0 aliphatic rings. The maximum absolute atomic E-state index is 12.5. The lowest BCUT2D eigenvalue weighted by molar-refractivity contribution is -0.142. The molecule has 0 aromatic heterocycles. The van der Waals surface area contributed by atoms with Crippen LogP contribution < -0.4 is 0 Å². The summed E-state index contributed by atoms with van der Waals surface area (Å²) in [5, 5.41) is 11.2. The van der Waals surface area contributed by atoms with Gasteiger partial charge in [-0.1, -0.05) is 49.4 Å². The van der Waals surface area contributed by atoms with Crippen molar-refractivity contribution in [3.63, 3.8) is 0 Å². The lowest BCUT2D eigenvalue weighted by Gasteiger charge is -2.23. The van der Waals surface area contributed by atoms with Crippen molar-refractivity contribution in [2.24, 2.45) is 5.92 Å². The van der Waals surface area contributed by atoms with Gasteiger partial charge in [0.1, 0.15) is 0 Å². The minimum atomic E-state index is -0.891. The predicted molar refractivity (Wildman–Crippen MR) is 86.8 cm³/mol. The molecule has 2 aromatic rings. The number of carbonyl (C=O) groups excluding carboxylic acids is 1. The van der Waals surface area contributed by atoms with Crippen LogP contribution in [-0.2, 0) is 9.59 Å². The highest BCUT2D eigenvalue weighted by molar-refractivity contribution is 5.87. The topological polar surface area (TPSA) is 57.6 Å². The molecule has 4 nitrogen and oxygen atoms in total. The maximum Gasteiger partial charge on any atom is 0.308 e. The van der Waals surface area contributed by atoms with E-state index >= 15 is 0 Å². The van der Waals surface area contributed by atoms with Gasteiger partial charge in [0.15, 0.2) is 0 Å². The van der Waals surface area contributed by atoms with Crippen molar-refractivity contribution in [2.75, 3.05) is 13.6 Å². The number of aliphatic carboxylic acids is 1. The summed E-state index contributed by atoms with van der Waals surface area (Å²) in [4.78, 5) is 24.9. The van der Waals surface area contributed by atoms with Crippen molar-refractivity contribution in [1.82, 2.24) is 4.90 Å². The second kappa shape index (κ2) is 6.60. The van der Waals surface area contributed by atoms with E-state index < -0.39 is 11.9 Å². The van der Waals surface area contributed by atoms with Crippen LogP contribution in [0.15, 0.2) is 42.5 Å². The number of hydrogen-bond acceptors (Lipinski definition) is 2. The Morgan fingerprint density at radius 3 is 2.36 bits per heavy atom. The number of hydrogen-bond donors (Lipinski definition) is 1. The summed E-state index contributed by atoms with van der Waals surface area (Å²) in [7, 11) is 1.65. The fourth-order valence-corrected chi connectivity index (χ4v) is 2.53. The molecule has 4 heteroatoms. The van der Waals surface area contributed by atoms with E-state index in [0.717, 1.165) is 16.3 Å². The third kappa shape index (κ3) is 3.45. The molecule has 0 aliphatic heterocycles. The average Bonchev–Trinajstić information content (AvgIpc) is 2.52. The summed E-state index contributed by atoms with van der Waals surface area (Å²) in [6.45, 7) is 3.67. The monoisotopic (exact) mass is 299 g/mol. The molecule has 2 rings (SSSR count). The summed E-state index contributed by atoms with van der Waals surface area (Å²) >= 11 is 0. The van der Waals surface area contributed by atoms with Gasteiger partial charge in [-0.2, -0.15) is 0 Å². The predicted octanol–water partition coefficient (Wildman–Crippen LogP) is 3.12. The van der Waals surface area contributed by atoms with Gasteiger partial charge in [0.25, 0.3) is 0 Å². The summed E-state index contributed by atoms with van der Waals surface area (Å²) in [5.74, 6) is -1.82. The zero-order valence-electron chi connectivity index (χ0n) is 13.1. The van der Waals surface area contributed by atoms with Gasteiger partial charge >= 0.3 is 5.97 Å². The summed E-state index contributed by atoms with van der Waals surface area (Å²) in [6, 6.07) is 14.0. The van der Waals surface area contributed by atoms with Crippen molar-refractivity contribution in [1.29, 1.82) is 0 Å². The molecule has 0 fully saturated rings. The van der Waals surface area contributed by atoms with Crippen LogP contribution in [-0.4, -0.2) is 35.5 Å². The molecule has 0 saturated heterocycles. The molecule has 0 radical (unpaired) electrons. The Balaban J connectivity index is 2.16. The smallest absolute Gasteiger partial charge is 0.308 e. The van der Waals surface area contributed by atoms with Gasteiger partial charge in [0.2, 0.25) is 5.91 Å². The SMILES string of the molecule is CC(CN(C)C(=O)C(C)c1ccc2ccccc2c1)C(=O)O. The first-order valence-corrected chi connectivity index (χ1v) is 7.36. The van der Waals surface area contributed by atoms with Gasteiger partial charge in [0.05, 0.1) is 11.8 Å². The molecule has 2 unspecified atom stereocenters. The third-order valence-corrected chi connectivity index (χ3v) is 3.99. The summed E-state index contributed by atoms with van der Waals surface area (Å²) in [6.07, 6.45) is 0. The second-order valence-electron chi connectivity index (χ2n) is 5.79. The number of benzene rings is 2. The van der Waals surface area contributed by atoms with Crippen LogP contribution in [0.3, 0.4) is 0 Å².